The minimum absolute atomic E-state index is 0.0109. The zero-order chi connectivity index (χ0) is 29.5. The summed E-state index contributed by atoms with van der Waals surface area (Å²) in [5.41, 5.74) is 0.0303. The molecule has 1 amide bonds. The average molecular weight is 612 g/mol. The second-order valence-corrected chi connectivity index (χ2v) is 12.7. The lowest BCUT2D eigenvalue weighted by atomic mass is 9.86. The zero-order valence-corrected chi connectivity index (χ0v) is 24.5. The third kappa shape index (κ3) is 6.37. The molecule has 11 heteroatoms. The summed E-state index contributed by atoms with van der Waals surface area (Å²) in [6, 6.07) is 15.8. The molecule has 1 aliphatic heterocycles. The average Bonchev–Trinajstić information content (AvgIpc) is 3.30. The highest BCUT2D eigenvalue weighted by Crippen LogP contribution is 2.49. The molecule has 1 N–H and O–H groups in total. The van der Waals surface area contributed by atoms with E-state index in [4.69, 9.17) is 28.0 Å². The summed E-state index contributed by atoms with van der Waals surface area (Å²) >= 11 is 11.9. The topological polar surface area (TPSA) is 67.8 Å². The lowest BCUT2D eigenvalue weighted by Crippen LogP contribution is -2.42. The normalized spacial score (nSPS) is 18.2. The first-order valence-electron chi connectivity index (χ1n) is 12.3. The van der Waals surface area contributed by atoms with Crippen molar-refractivity contribution < 1.29 is 27.0 Å². The molecule has 0 aliphatic carbocycles. The maximum atomic E-state index is 14.3. The molecule has 212 valence electrons. The molecule has 1 aliphatic rings. The van der Waals surface area contributed by atoms with E-state index in [1.807, 2.05) is 24.3 Å². The highest BCUT2D eigenvalue weighted by Gasteiger charge is 2.62. The number of carbonyl (C=O) groups excluding carboxylic acids is 1. The van der Waals surface area contributed by atoms with Crippen LogP contribution in [0.15, 0.2) is 65.8 Å². The van der Waals surface area contributed by atoms with Crippen LogP contribution in [0.1, 0.15) is 65.4 Å². The fraction of sp³-hybridized carbons (Fsp3) is 0.310. The smallest absolute Gasteiger partial charge is 0.374 e. The highest BCUT2D eigenvalue weighted by molar-refractivity contribution is 7.82. The van der Waals surface area contributed by atoms with Crippen LogP contribution in [0.25, 0.3) is 0 Å². The lowest BCUT2D eigenvalue weighted by molar-refractivity contribution is -0.275. The van der Waals surface area contributed by atoms with Crippen molar-refractivity contribution in [2.45, 2.75) is 57.1 Å². The van der Waals surface area contributed by atoms with Gasteiger partial charge in [-0.2, -0.15) is 13.2 Å². The molecule has 1 heterocycles. The Labute approximate surface area is 243 Å². The van der Waals surface area contributed by atoms with Gasteiger partial charge in [-0.05, 0) is 64.9 Å². The maximum Gasteiger partial charge on any atom is 0.435 e. The molecule has 3 aromatic carbocycles. The molecule has 2 atom stereocenters. The van der Waals surface area contributed by atoms with E-state index in [2.05, 4.69) is 30.6 Å². The van der Waals surface area contributed by atoms with Crippen molar-refractivity contribution in [3.8, 4) is 0 Å². The van der Waals surface area contributed by atoms with Crippen molar-refractivity contribution in [1.29, 1.82) is 0 Å². The third-order valence-electron chi connectivity index (χ3n) is 6.64. The van der Waals surface area contributed by atoms with E-state index in [0.29, 0.717) is 11.1 Å². The minimum atomic E-state index is -4.82. The number of amides is 1. The van der Waals surface area contributed by atoms with Gasteiger partial charge >= 0.3 is 6.18 Å². The molecule has 0 saturated carbocycles. The summed E-state index contributed by atoms with van der Waals surface area (Å²) in [5, 5.41) is 3.83. The van der Waals surface area contributed by atoms with E-state index in [9.17, 15) is 22.2 Å². The predicted molar refractivity (Wildman–Crippen MR) is 152 cm³/mol. The molecule has 0 radical (unpaired) electrons. The summed E-state index contributed by atoms with van der Waals surface area (Å²) in [4.78, 5) is 17.9. The highest BCUT2D eigenvalue weighted by atomic mass is 35.5. The van der Waals surface area contributed by atoms with Gasteiger partial charge in [-0.15, -0.1) is 0 Å². The Bertz CT molecular complexity index is 1480. The van der Waals surface area contributed by atoms with Crippen LogP contribution in [0.4, 0.5) is 13.2 Å². The number of aryl methyl sites for hydroxylation is 1. The molecule has 0 aromatic heterocycles. The quantitative estimate of drug-likeness (QED) is 0.310. The Morgan fingerprint density at radius 1 is 1.02 bits per heavy atom. The second kappa shape index (κ2) is 11.2. The van der Waals surface area contributed by atoms with Crippen molar-refractivity contribution in [1.82, 2.24) is 4.72 Å². The van der Waals surface area contributed by atoms with Gasteiger partial charge in [0.25, 0.3) is 11.5 Å². The van der Waals surface area contributed by atoms with E-state index < -0.39 is 35.1 Å². The number of halogens is 5. The summed E-state index contributed by atoms with van der Waals surface area (Å²) in [7, 11) is -1.68. The van der Waals surface area contributed by atoms with Crippen LogP contribution in [0, 0.1) is 6.92 Å². The largest absolute Gasteiger partial charge is 0.435 e. The van der Waals surface area contributed by atoms with Crippen LogP contribution in [-0.4, -0.2) is 22.0 Å². The molecule has 3 aromatic rings. The van der Waals surface area contributed by atoms with Crippen molar-refractivity contribution >= 4 is 45.8 Å². The minimum Gasteiger partial charge on any atom is -0.374 e. The number of carbonyl (C=O) groups is 1. The monoisotopic (exact) mass is 610 g/mol. The molecule has 40 heavy (non-hydrogen) atoms. The van der Waals surface area contributed by atoms with Crippen LogP contribution >= 0.6 is 23.2 Å². The summed E-state index contributed by atoms with van der Waals surface area (Å²) in [6.07, 6.45) is -5.44. The van der Waals surface area contributed by atoms with Gasteiger partial charge in [0.15, 0.2) is 0 Å². The molecule has 0 bridgehead atoms. The zero-order valence-electron chi connectivity index (χ0n) is 22.2. The van der Waals surface area contributed by atoms with Crippen LogP contribution in [0.2, 0.25) is 10.0 Å². The van der Waals surface area contributed by atoms with Gasteiger partial charge in [-0.3, -0.25) is 9.52 Å². The number of benzene rings is 3. The van der Waals surface area contributed by atoms with Gasteiger partial charge < -0.3 is 4.84 Å². The van der Waals surface area contributed by atoms with E-state index in [-0.39, 0.29) is 38.1 Å². The van der Waals surface area contributed by atoms with E-state index in [1.54, 1.807) is 13.0 Å². The van der Waals surface area contributed by atoms with Gasteiger partial charge in [-0.1, -0.05) is 79.5 Å². The molecule has 5 nitrogen and oxygen atoms in total. The molecule has 0 fully saturated rings. The molecule has 4 rings (SSSR count). The Kier molecular flexibility index (Phi) is 8.41. The number of nitrogens with one attached hydrogen (secondary N) is 1. The first kappa shape index (κ1) is 30.1. The Hall–Kier alpha value is -2.88. The number of hydrogen-bond donors (Lipinski definition) is 1. The predicted octanol–water partition coefficient (Wildman–Crippen LogP) is 7.78. The Morgan fingerprint density at radius 3 is 2.20 bits per heavy atom. The second-order valence-electron chi connectivity index (χ2n) is 10.7. The van der Waals surface area contributed by atoms with Crippen LogP contribution in [0.5, 0.6) is 0 Å². The molecular weight excluding hydrogens is 584 g/mol. The van der Waals surface area contributed by atoms with Gasteiger partial charge in [0.2, 0.25) is 0 Å². The number of rotatable bonds is 6. The fourth-order valence-corrected chi connectivity index (χ4v) is 5.80. The summed E-state index contributed by atoms with van der Waals surface area (Å²) in [5.74, 6) is -0.425. The Balaban J connectivity index is 1.48. The van der Waals surface area contributed by atoms with Gasteiger partial charge in [-0.25, -0.2) is 4.21 Å². The van der Waals surface area contributed by atoms with E-state index >= 15 is 0 Å². The lowest BCUT2D eigenvalue weighted by Gasteiger charge is -2.29. The summed E-state index contributed by atoms with van der Waals surface area (Å²) < 4.78 is 58.0. The Morgan fingerprint density at radius 2 is 1.65 bits per heavy atom. The third-order valence-corrected chi connectivity index (χ3v) is 8.09. The SMILES string of the molecule is Cc1cc(C2=NOC(c3cc(Cl)cc(Cl)c3)(C(F)(F)F)C2)ccc1C(=O)NS(=O)Cc1ccc(C(C)(C)C)cc1. The number of alkyl halides is 3. The van der Waals surface area contributed by atoms with E-state index in [1.165, 1.54) is 18.2 Å². The van der Waals surface area contributed by atoms with Crippen LogP contribution in [0.3, 0.4) is 0 Å². The first-order chi connectivity index (χ1) is 18.6. The van der Waals surface area contributed by atoms with Crippen molar-refractivity contribution in [3.63, 3.8) is 0 Å². The molecule has 0 spiro atoms. The number of nitrogens with zero attached hydrogens (tertiary/aromatic N) is 1. The van der Waals surface area contributed by atoms with E-state index in [0.717, 1.165) is 23.3 Å². The fourth-order valence-electron chi connectivity index (χ4n) is 4.39. The first-order valence-corrected chi connectivity index (χ1v) is 14.3. The van der Waals surface area contributed by atoms with Crippen LogP contribution < -0.4 is 4.72 Å². The van der Waals surface area contributed by atoms with Gasteiger partial charge in [0, 0.05) is 27.6 Å². The molecular formula is C29H27Cl2F3N2O3S. The van der Waals surface area contributed by atoms with Gasteiger partial charge in [0.05, 0.1) is 11.5 Å². The summed E-state index contributed by atoms with van der Waals surface area (Å²) in [6.45, 7) is 7.93. The standard InChI is InChI=1S/C29H27Cl2F3N2O3S/c1-17-11-19(25-15-28(39-35-25,29(32,33)34)21-12-22(30)14-23(31)13-21)7-10-24(17)26(37)36-40(38)16-18-5-8-20(9-6-18)27(2,3)4/h5-14H,15-16H2,1-4H3,(H,36,37). The van der Waals surface area contributed by atoms with Crippen molar-refractivity contribution in [2.75, 3.05) is 0 Å². The van der Waals surface area contributed by atoms with Crippen LogP contribution in [-0.2, 0) is 32.6 Å². The maximum absolute atomic E-state index is 14.3. The molecule has 2 unspecified atom stereocenters. The van der Waals surface area contributed by atoms with Crippen molar-refractivity contribution in [3.05, 3.63) is 104 Å². The van der Waals surface area contributed by atoms with Gasteiger partial charge in [0.1, 0.15) is 11.0 Å². The number of oxime groups is 1. The van der Waals surface area contributed by atoms with Crippen molar-refractivity contribution in [2.24, 2.45) is 5.16 Å². The number of hydrogen-bond acceptors (Lipinski definition) is 4. The molecule has 0 saturated heterocycles.